The summed E-state index contributed by atoms with van der Waals surface area (Å²) in [5, 5.41) is 11.6. The first-order valence-electron chi connectivity index (χ1n) is 7.25. The summed E-state index contributed by atoms with van der Waals surface area (Å²) in [7, 11) is 2.10. The minimum absolute atomic E-state index is 0.157. The van der Waals surface area contributed by atoms with E-state index >= 15 is 0 Å². The van der Waals surface area contributed by atoms with E-state index in [9.17, 15) is 4.79 Å². The Balaban J connectivity index is 1.88. The van der Waals surface area contributed by atoms with Crippen molar-refractivity contribution in [1.29, 1.82) is 0 Å². The molecule has 0 radical (unpaired) electrons. The van der Waals surface area contributed by atoms with Crippen LogP contribution in [0.2, 0.25) is 0 Å². The van der Waals surface area contributed by atoms with Gasteiger partial charge in [0, 0.05) is 24.3 Å². The predicted octanol–water partition coefficient (Wildman–Crippen LogP) is 0.639. The van der Waals surface area contributed by atoms with Crippen molar-refractivity contribution in [2.45, 2.75) is 25.3 Å². The summed E-state index contributed by atoms with van der Waals surface area (Å²) in [6, 6.07) is 3.80. The average Bonchev–Trinajstić information content (AvgIpc) is 2.52. The molecule has 0 saturated carbocycles. The Morgan fingerprint density at radius 2 is 2.38 bits per heavy atom. The van der Waals surface area contributed by atoms with Crippen molar-refractivity contribution >= 4 is 5.91 Å². The fraction of sp³-hybridized carbons (Fsp3) is 0.500. The van der Waals surface area contributed by atoms with E-state index in [-0.39, 0.29) is 12.5 Å². The molecule has 0 aromatic carbocycles. The van der Waals surface area contributed by atoms with Crippen molar-refractivity contribution in [3.05, 3.63) is 29.6 Å². The van der Waals surface area contributed by atoms with Gasteiger partial charge in [-0.1, -0.05) is 18.3 Å². The molecular weight excluding hydrogens is 266 g/mol. The summed E-state index contributed by atoms with van der Waals surface area (Å²) in [6.45, 7) is 1.57. The number of piperidine rings is 1. The largest absolute Gasteiger partial charge is 0.384 e. The van der Waals surface area contributed by atoms with Crippen LogP contribution in [-0.2, 0) is 0 Å². The SMILES string of the molecule is CN1CCCCC1CNC(=O)c1ccc(C#CCO)cn1. The molecule has 1 atom stereocenters. The lowest BCUT2D eigenvalue weighted by atomic mass is 10.0. The van der Waals surface area contributed by atoms with E-state index in [1.54, 1.807) is 18.3 Å². The van der Waals surface area contributed by atoms with Gasteiger partial charge in [-0.25, -0.2) is 4.98 Å². The Morgan fingerprint density at radius 1 is 1.52 bits per heavy atom. The lowest BCUT2D eigenvalue weighted by molar-refractivity contribution is 0.0923. The van der Waals surface area contributed by atoms with Gasteiger partial charge in [0.05, 0.1) is 0 Å². The number of hydrogen-bond donors (Lipinski definition) is 2. The zero-order valence-electron chi connectivity index (χ0n) is 12.3. The van der Waals surface area contributed by atoms with Crippen LogP contribution in [0.25, 0.3) is 0 Å². The summed E-state index contributed by atoms with van der Waals surface area (Å²) in [5.41, 5.74) is 1.08. The van der Waals surface area contributed by atoms with Gasteiger partial charge in [0.25, 0.3) is 5.91 Å². The number of amides is 1. The van der Waals surface area contributed by atoms with Gasteiger partial charge in [-0.2, -0.15) is 0 Å². The lowest BCUT2D eigenvalue weighted by Gasteiger charge is -2.32. The highest BCUT2D eigenvalue weighted by Gasteiger charge is 2.19. The number of nitrogens with zero attached hydrogens (tertiary/aromatic N) is 2. The second kappa shape index (κ2) is 7.77. The predicted molar refractivity (Wildman–Crippen MR) is 80.8 cm³/mol. The smallest absolute Gasteiger partial charge is 0.269 e. The number of nitrogens with one attached hydrogen (secondary N) is 1. The van der Waals surface area contributed by atoms with Crippen molar-refractivity contribution in [3.8, 4) is 11.8 Å². The fourth-order valence-electron chi connectivity index (χ4n) is 2.45. The van der Waals surface area contributed by atoms with Crippen molar-refractivity contribution in [1.82, 2.24) is 15.2 Å². The molecular formula is C16H21N3O2. The highest BCUT2D eigenvalue weighted by Crippen LogP contribution is 2.14. The molecule has 1 amide bonds. The topological polar surface area (TPSA) is 65.5 Å². The normalized spacial score (nSPS) is 18.7. The minimum atomic E-state index is -0.183. The van der Waals surface area contributed by atoms with Crippen LogP contribution in [0, 0.1) is 11.8 Å². The van der Waals surface area contributed by atoms with E-state index in [0.29, 0.717) is 23.8 Å². The Morgan fingerprint density at radius 3 is 3.05 bits per heavy atom. The van der Waals surface area contributed by atoms with Crippen molar-refractivity contribution in [2.75, 3.05) is 26.7 Å². The molecule has 1 aromatic heterocycles. The third-order valence-electron chi connectivity index (χ3n) is 3.73. The highest BCUT2D eigenvalue weighted by molar-refractivity contribution is 5.92. The van der Waals surface area contributed by atoms with Crippen LogP contribution in [-0.4, -0.2) is 53.7 Å². The van der Waals surface area contributed by atoms with Gasteiger partial charge < -0.3 is 15.3 Å². The van der Waals surface area contributed by atoms with Crippen LogP contribution >= 0.6 is 0 Å². The number of carbonyl (C=O) groups excluding carboxylic acids is 1. The molecule has 1 aliphatic rings. The maximum absolute atomic E-state index is 12.1. The molecule has 5 nitrogen and oxygen atoms in total. The number of aliphatic hydroxyl groups is 1. The zero-order chi connectivity index (χ0) is 15.1. The van der Waals surface area contributed by atoms with Gasteiger partial charge in [0.2, 0.25) is 0 Å². The van der Waals surface area contributed by atoms with Gasteiger partial charge in [-0.3, -0.25) is 4.79 Å². The summed E-state index contributed by atoms with van der Waals surface area (Å²) in [5.74, 6) is 5.14. The molecule has 1 aliphatic heterocycles. The lowest BCUT2D eigenvalue weighted by Crippen LogP contribution is -2.44. The number of pyridine rings is 1. The monoisotopic (exact) mass is 287 g/mol. The van der Waals surface area contributed by atoms with Gasteiger partial charge in [-0.05, 0) is 38.6 Å². The quantitative estimate of drug-likeness (QED) is 0.801. The fourth-order valence-corrected chi connectivity index (χ4v) is 2.45. The number of likely N-dealkylation sites (N-methyl/N-ethyl adjacent to an activating group) is 1. The van der Waals surface area contributed by atoms with Gasteiger partial charge >= 0.3 is 0 Å². The summed E-state index contributed by atoms with van der Waals surface area (Å²) in [6.07, 6.45) is 5.13. The van der Waals surface area contributed by atoms with E-state index in [4.69, 9.17) is 5.11 Å². The Bertz CT molecular complexity index is 531. The molecule has 1 aromatic rings. The molecule has 1 saturated heterocycles. The standard InChI is InChI=1S/C16H21N3O2/c1-19-9-3-2-6-14(19)12-18-16(21)15-8-7-13(11-17-15)5-4-10-20/h7-8,11,14,20H,2-3,6,9-10,12H2,1H3,(H,18,21). The third kappa shape index (κ3) is 4.55. The molecule has 112 valence electrons. The van der Waals surface area contributed by atoms with Gasteiger partial charge in [-0.15, -0.1) is 0 Å². The molecule has 1 unspecified atom stereocenters. The van der Waals surface area contributed by atoms with E-state index < -0.39 is 0 Å². The Hall–Kier alpha value is -1.90. The minimum Gasteiger partial charge on any atom is -0.384 e. The first kappa shape index (κ1) is 15.5. The van der Waals surface area contributed by atoms with Crippen molar-refractivity contribution < 1.29 is 9.90 Å². The second-order valence-electron chi connectivity index (χ2n) is 5.23. The van der Waals surface area contributed by atoms with Crippen LogP contribution in [0.3, 0.4) is 0 Å². The molecule has 5 heteroatoms. The highest BCUT2D eigenvalue weighted by atomic mass is 16.2. The van der Waals surface area contributed by atoms with Crippen LogP contribution in [0.4, 0.5) is 0 Å². The average molecular weight is 287 g/mol. The molecule has 2 N–H and O–H groups in total. The number of likely N-dealkylation sites (tertiary alicyclic amines) is 1. The van der Waals surface area contributed by atoms with Crippen molar-refractivity contribution in [2.24, 2.45) is 0 Å². The third-order valence-corrected chi connectivity index (χ3v) is 3.73. The molecule has 0 aliphatic carbocycles. The molecule has 1 fully saturated rings. The van der Waals surface area contributed by atoms with E-state index in [2.05, 4.69) is 34.1 Å². The maximum Gasteiger partial charge on any atom is 0.269 e. The molecule has 21 heavy (non-hydrogen) atoms. The van der Waals surface area contributed by atoms with E-state index in [0.717, 1.165) is 13.0 Å². The first-order chi connectivity index (χ1) is 10.2. The number of aliphatic hydroxyl groups excluding tert-OH is 1. The van der Waals surface area contributed by atoms with Crippen molar-refractivity contribution in [3.63, 3.8) is 0 Å². The zero-order valence-corrected chi connectivity index (χ0v) is 12.3. The van der Waals surface area contributed by atoms with Gasteiger partial charge in [0.15, 0.2) is 0 Å². The Kier molecular flexibility index (Phi) is 5.73. The van der Waals surface area contributed by atoms with Crippen LogP contribution in [0.5, 0.6) is 0 Å². The first-order valence-corrected chi connectivity index (χ1v) is 7.25. The van der Waals surface area contributed by atoms with Gasteiger partial charge in [0.1, 0.15) is 12.3 Å². The molecule has 0 spiro atoms. The van der Waals surface area contributed by atoms with E-state index in [1.807, 2.05) is 0 Å². The maximum atomic E-state index is 12.1. The summed E-state index contributed by atoms with van der Waals surface area (Å²) < 4.78 is 0. The number of rotatable bonds is 3. The van der Waals surface area contributed by atoms with Crippen LogP contribution < -0.4 is 5.32 Å². The molecule has 2 heterocycles. The van der Waals surface area contributed by atoms with Crippen LogP contribution in [0.1, 0.15) is 35.3 Å². The van der Waals surface area contributed by atoms with Crippen LogP contribution in [0.15, 0.2) is 18.3 Å². The number of hydrogen-bond acceptors (Lipinski definition) is 4. The van der Waals surface area contributed by atoms with E-state index in [1.165, 1.54) is 12.8 Å². The summed E-state index contributed by atoms with van der Waals surface area (Å²) >= 11 is 0. The number of carbonyl (C=O) groups is 1. The Labute approximate surface area is 125 Å². The summed E-state index contributed by atoms with van der Waals surface area (Å²) in [4.78, 5) is 18.5. The molecule has 2 rings (SSSR count). The number of aromatic nitrogens is 1. The molecule has 0 bridgehead atoms. The second-order valence-corrected chi connectivity index (χ2v) is 5.23.